The Kier molecular flexibility index (Phi) is 7.26. The van der Waals surface area contributed by atoms with Crippen molar-refractivity contribution in [3.05, 3.63) is 53.3 Å². The molecule has 0 bridgehead atoms. The number of ether oxygens (including phenoxy) is 1. The summed E-state index contributed by atoms with van der Waals surface area (Å²) in [7, 11) is 0. The Morgan fingerprint density at radius 2 is 1.65 bits per heavy atom. The molecule has 26 heavy (non-hydrogen) atoms. The van der Waals surface area contributed by atoms with E-state index in [-0.39, 0.29) is 18.4 Å². The Labute approximate surface area is 154 Å². The standard InChI is InChI=1S/C20H27N3O3/c1-4-5-6-13-21-19(24)14-26-18-11-9-17(10-12-18)20(25)22-23-15(2)7-8-16(23)3/h7-12H,4-6,13-14H2,1-3H3,(H,21,24)(H,22,25). The van der Waals surface area contributed by atoms with Gasteiger partial charge in [0, 0.05) is 23.5 Å². The molecular formula is C20H27N3O3. The fourth-order valence-electron chi connectivity index (χ4n) is 2.52. The van der Waals surface area contributed by atoms with Gasteiger partial charge in [0.05, 0.1) is 0 Å². The van der Waals surface area contributed by atoms with E-state index in [2.05, 4.69) is 17.7 Å². The van der Waals surface area contributed by atoms with Gasteiger partial charge in [-0.05, 0) is 56.7 Å². The molecule has 0 saturated heterocycles. The quantitative estimate of drug-likeness (QED) is 0.677. The van der Waals surface area contributed by atoms with Crippen LogP contribution in [0.1, 0.15) is 47.9 Å². The fourth-order valence-corrected chi connectivity index (χ4v) is 2.52. The lowest BCUT2D eigenvalue weighted by Gasteiger charge is -2.12. The normalized spacial score (nSPS) is 10.4. The largest absolute Gasteiger partial charge is 0.484 e. The molecule has 0 atom stereocenters. The summed E-state index contributed by atoms with van der Waals surface area (Å²) in [6, 6.07) is 10.6. The highest BCUT2D eigenvalue weighted by molar-refractivity contribution is 6.00. The molecule has 2 rings (SSSR count). The van der Waals surface area contributed by atoms with Crippen molar-refractivity contribution < 1.29 is 14.3 Å². The second-order valence-electron chi connectivity index (χ2n) is 6.26. The van der Waals surface area contributed by atoms with E-state index in [1.165, 1.54) is 0 Å². The summed E-state index contributed by atoms with van der Waals surface area (Å²) >= 11 is 0. The summed E-state index contributed by atoms with van der Waals surface area (Å²) in [5.41, 5.74) is 5.29. The molecule has 0 fully saturated rings. The van der Waals surface area contributed by atoms with Gasteiger partial charge in [-0.25, -0.2) is 0 Å². The number of hydrogen-bond acceptors (Lipinski definition) is 3. The summed E-state index contributed by atoms with van der Waals surface area (Å²) in [5.74, 6) is 0.215. The average molecular weight is 357 g/mol. The summed E-state index contributed by atoms with van der Waals surface area (Å²) in [6.45, 7) is 6.62. The number of nitrogens with zero attached hydrogens (tertiary/aromatic N) is 1. The molecule has 1 aromatic heterocycles. The predicted octanol–water partition coefficient (Wildman–Crippen LogP) is 3.17. The first-order chi connectivity index (χ1) is 12.5. The minimum absolute atomic E-state index is 0.0283. The van der Waals surface area contributed by atoms with Crippen LogP contribution in [0.4, 0.5) is 0 Å². The van der Waals surface area contributed by atoms with Gasteiger partial charge in [0.25, 0.3) is 11.8 Å². The molecular weight excluding hydrogens is 330 g/mol. The maximum absolute atomic E-state index is 12.3. The second-order valence-corrected chi connectivity index (χ2v) is 6.26. The van der Waals surface area contributed by atoms with Crippen molar-refractivity contribution in [2.24, 2.45) is 0 Å². The molecule has 0 aliphatic rings. The van der Waals surface area contributed by atoms with Crippen molar-refractivity contribution in [3.8, 4) is 5.75 Å². The number of hydrogen-bond donors (Lipinski definition) is 2. The van der Waals surface area contributed by atoms with Gasteiger partial charge in [0.1, 0.15) is 5.75 Å². The summed E-state index contributed by atoms with van der Waals surface area (Å²) < 4.78 is 7.20. The number of carbonyl (C=O) groups is 2. The van der Waals surface area contributed by atoms with Crippen molar-refractivity contribution in [1.29, 1.82) is 0 Å². The minimum Gasteiger partial charge on any atom is -0.484 e. The summed E-state index contributed by atoms with van der Waals surface area (Å²) in [4.78, 5) is 24.0. The Bertz CT molecular complexity index is 716. The van der Waals surface area contributed by atoms with Gasteiger partial charge in [0.2, 0.25) is 0 Å². The zero-order valence-electron chi connectivity index (χ0n) is 15.7. The molecule has 0 unspecified atom stereocenters. The van der Waals surface area contributed by atoms with Gasteiger partial charge < -0.3 is 10.1 Å². The van der Waals surface area contributed by atoms with E-state index in [4.69, 9.17) is 4.74 Å². The van der Waals surface area contributed by atoms with Crippen LogP contribution in [0.25, 0.3) is 0 Å². The number of benzene rings is 1. The predicted molar refractivity (Wildman–Crippen MR) is 102 cm³/mol. The number of aromatic nitrogens is 1. The molecule has 1 heterocycles. The topological polar surface area (TPSA) is 72.4 Å². The molecule has 2 N–H and O–H groups in total. The highest BCUT2D eigenvalue weighted by Crippen LogP contribution is 2.13. The average Bonchev–Trinajstić information content (AvgIpc) is 2.96. The molecule has 2 aromatic rings. The van der Waals surface area contributed by atoms with Gasteiger partial charge in [-0.15, -0.1) is 0 Å². The van der Waals surface area contributed by atoms with Gasteiger partial charge in [-0.1, -0.05) is 19.8 Å². The molecule has 6 nitrogen and oxygen atoms in total. The molecule has 0 radical (unpaired) electrons. The number of unbranched alkanes of at least 4 members (excludes halogenated alkanes) is 2. The van der Waals surface area contributed by atoms with Crippen LogP contribution in [-0.4, -0.2) is 29.6 Å². The third kappa shape index (κ3) is 5.65. The fraction of sp³-hybridized carbons (Fsp3) is 0.400. The highest BCUT2D eigenvalue weighted by Gasteiger charge is 2.09. The molecule has 0 saturated carbocycles. The molecule has 0 aliphatic carbocycles. The van der Waals surface area contributed by atoms with Crippen LogP contribution >= 0.6 is 0 Å². The lowest BCUT2D eigenvalue weighted by molar-refractivity contribution is -0.123. The van der Waals surface area contributed by atoms with Crippen LogP contribution in [0.3, 0.4) is 0 Å². The maximum Gasteiger partial charge on any atom is 0.270 e. The number of rotatable bonds is 9. The first-order valence-electron chi connectivity index (χ1n) is 8.97. The van der Waals surface area contributed by atoms with Crippen LogP contribution in [0.2, 0.25) is 0 Å². The van der Waals surface area contributed by atoms with Crippen LogP contribution in [0.5, 0.6) is 5.75 Å². The molecule has 140 valence electrons. The highest BCUT2D eigenvalue weighted by atomic mass is 16.5. The van der Waals surface area contributed by atoms with Gasteiger partial charge in [-0.3, -0.25) is 19.7 Å². The lowest BCUT2D eigenvalue weighted by Crippen LogP contribution is -2.29. The summed E-state index contributed by atoms with van der Waals surface area (Å²) in [6.07, 6.45) is 3.20. The number of carbonyl (C=O) groups excluding carboxylic acids is 2. The summed E-state index contributed by atoms with van der Waals surface area (Å²) in [5, 5.41) is 2.82. The van der Waals surface area contributed by atoms with Crippen molar-refractivity contribution in [1.82, 2.24) is 9.99 Å². The molecule has 0 spiro atoms. The molecule has 6 heteroatoms. The Hall–Kier alpha value is -2.76. The Balaban J connectivity index is 1.82. The molecule has 1 aromatic carbocycles. The first kappa shape index (κ1) is 19.6. The van der Waals surface area contributed by atoms with Gasteiger partial charge in [-0.2, -0.15) is 0 Å². The van der Waals surface area contributed by atoms with Crippen LogP contribution in [0.15, 0.2) is 36.4 Å². The van der Waals surface area contributed by atoms with Crippen LogP contribution in [-0.2, 0) is 4.79 Å². The van der Waals surface area contributed by atoms with E-state index in [1.54, 1.807) is 28.9 Å². The van der Waals surface area contributed by atoms with E-state index in [9.17, 15) is 9.59 Å². The minimum atomic E-state index is -0.201. The van der Waals surface area contributed by atoms with Crippen molar-refractivity contribution in [2.45, 2.75) is 40.0 Å². The van der Waals surface area contributed by atoms with Crippen molar-refractivity contribution in [3.63, 3.8) is 0 Å². The smallest absolute Gasteiger partial charge is 0.270 e. The number of aryl methyl sites for hydroxylation is 2. The van der Waals surface area contributed by atoms with E-state index in [1.807, 2.05) is 26.0 Å². The molecule has 2 amide bonds. The van der Waals surface area contributed by atoms with Crippen LogP contribution in [0, 0.1) is 13.8 Å². The van der Waals surface area contributed by atoms with Gasteiger partial charge >= 0.3 is 0 Å². The van der Waals surface area contributed by atoms with Crippen molar-refractivity contribution >= 4 is 11.8 Å². The second kappa shape index (κ2) is 9.65. The third-order valence-corrected chi connectivity index (χ3v) is 4.07. The zero-order chi connectivity index (χ0) is 18.9. The van der Waals surface area contributed by atoms with E-state index >= 15 is 0 Å². The monoisotopic (exact) mass is 357 g/mol. The van der Waals surface area contributed by atoms with Crippen LogP contribution < -0.4 is 15.5 Å². The number of nitrogens with one attached hydrogen (secondary N) is 2. The maximum atomic E-state index is 12.3. The Morgan fingerprint density at radius 3 is 2.27 bits per heavy atom. The Morgan fingerprint density at radius 1 is 1.00 bits per heavy atom. The zero-order valence-corrected chi connectivity index (χ0v) is 15.7. The van der Waals surface area contributed by atoms with E-state index < -0.39 is 0 Å². The third-order valence-electron chi connectivity index (χ3n) is 4.07. The SMILES string of the molecule is CCCCCNC(=O)COc1ccc(C(=O)Nn2c(C)ccc2C)cc1. The van der Waals surface area contributed by atoms with E-state index in [0.29, 0.717) is 17.9 Å². The molecule has 0 aliphatic heterocycles. The van der Waals surface area contributed by atoms with Gasteiger partial charge in [0.15, 0.2) is 6.61 Å². The first-order valence-corrected chi connectivity index (χ1v) is 8.97. The lowest BCUT2D eigenvalue weighted by atomic mass is 10.2. The van der Waals surface area contributed by atoms with E-state index in [0.717, 1.165) is 30.7 Å². The van der Waals surface area contributed by atoms with Crippen molar-refractivity contribution in [2.75, 3.05) is 18.6 Å². The number of amides is 2.